The fourth-order valence-corrected chi connectivity index (χ4v) is 1.28. The lowest BCUT2D eigenvalue weighted by Gasteiger charge is -2.00. The number of hydrogen-bond donors (Lipinski definition) is 1. The molecule has 2 rings (SSSR count). The van der Waals surface area contributed by atoms with Crippen molar-refractivity contribution in [2.45, 2.75) is 13.8 Å². The monoisotopic (exact) mass is 219 g/mol. The predicted octanol–water partition coefficient (Wildman–Crippen LogP) is 0.372. The lowest BCUT2D eigenvalue weighted by atomic mass is 10.4. The molecule has 0 fully saturated rings. The number of aryl methyl sites for hydroxylation is 2. The minimum Gasteiger partial charge on any atom is -0.476 e. The number of carbonyl (C=O) groups is 1. The zero-order valence-corrected chi connectivity index (χ0v) is 8.75. The molecular weight excluding hydrogens is 210 g/mol. The number of aromatic nitrogens is 5. The van der Waals surface area contributed by atoms with Gasteiger partial charge in [0.05, 0.1) is 12.4 Å². The van der Waals surface area contributed by atoms with Crippen LogP contribution in [0.25, 0.3) is 5.82 Å². The standard InChI is InChI=1S/C9H9N5O2/c1-5-12-6(2)14(13-5)8-4-10-7(3-11-8)9(15)16/h3-4H,1-2H3,(H,15,16). The van der Waals surface area contributed by atoms with Gasteiger partial charge in [-0.2, -0.15) is 4.68 Å². The van der Waals surface area contributed by atoms with Crippen LogP contribution < -0.4 is 0 Å². The van der Waals surface area contributed by atoms with E-state index in [9.17, 15) is 4.79 Å². The molecule has 0 saturated carbocycles. The van der Waals surface area contributed by atoms with Gasteiger partial charge in [-0.1, -0.05) is 0 Å². The molecule has 7 heteroatoms. The number of nitrogens with zero attached hydrogens (tertiary/aromatic N) is 5. The Morgan fingerprint density at radius 1 is 1.31 bits per heavy atom. The molecular formula is C9H9N5O2. The van der Waals surface area contributed by atoms with Crippen LogP contribution in [-0.2, 0) is 0 Å². The maximum absolute atomic E-state index is 10.6. The Balaban J connectivity index is 2.42. The molecule has 0 aliphatic rings. The van der Waals surface area contributed by atoms with Crippen molar-refractivity contribution in [3.8, 4) is 5.82 Å². The van der Waals surface area contributed by atoms with E-state index >= 15 is 0 Å². The second-order valence-electron chi connectivity index (χ2n) is 3.18. The second-order valence-corrected chi connectivity index (χ2v) is 3.18. The molecule has 2 aromatic rings. The molecule has 2 heterocycles. The summed E-state index contributed by atoms with van der Waals surface area (Å²) in [5.41, 5.74) is -0.0989. The van der Waals surface area contributed by atoms with Crippen molar-refractivity contribution >= 4 is 5.97 Å². The van der Waals surface area contributed by atoms with E-state index in [1.165, 1.54) is 17.1 Å². The van der Waals surface area contributed by atoms with Gasteiger partial charge < -0.3 is 5.11 Å². The highest BCUT2D eigenvalue weighted by Crippen LogP contribution is 2.05. The summed E-state index contributed by atoms with van der Waals surface area (Å²) >= 11 is 0. The van der Waals surface area contributed by atoms with Gasteiger partial charge >= 0.3 is 5.97 Å². The molecule has 16 heavy (non-hydrogen) atoms. The van der Waals surface area contributed by atoms with Crippen molar-refractivity contribution < 1.29 is 9.90 Å². The van der Waals surface area contributed by atoms with E-state index in [4.69, 9.17) is 5.11 Å². The summed E-state index contributed by atoms with van der Waals surface area (Å²) in [5.74, 6) is 0.644. The van der Waals surface area contributed by atoms with E-state index in [1.54, 1.807) is 13.8 Å². The number of aromatic carboxylic acids is 1. The number of carboxylic acids is 1. The molecule has 7 nitrogen and oxygen atoms in total. The SMILES string of the molecule is Cc1nc(C)n(-c2cnc(C(=O)O)cn2)n1. The van der Waals surface area contributed by atoms with Gasteiger partial charge in [-0.25, -0.2) is 19.7 Å². The van der Waals surface area contributed by atoms with Gasteiger partial charge in [-0.15, -0.1) is 5.10 Å². The molecule has 82 valence electrons. The molecule has 0 atom stereocenters. The van der Waals surface area contributed by atoms with Crippen LogP contribution in [0.4, 0.5) is 0 Å². The van der Waals surface area contributed by atoms with Gasteiger partial charge in [0.25, 0.3) is 0 Å². The molecule has 0 saturated heterocycles. The highest BCUT2D eigenvalue weighted by Gasteiger charge is 2.09. The van der Waals surface area contributed by atoms with Gasteiger partial charge in [-0.3, -0.25) is 0 Å². The van der Waals surface area contributed by atoms with Gasteiger partial charge in [0.15, 0.2) is 11.5 Å². The maximum atomic E-state index is 10.6. The zero-order chi connectivity index (χ0) is 11.7. The maximum Gasteiger partial charge on any atom is 0.356 e. The second kappa shape index (κ2) is 3.69. The Hall–Kier alpha value is -2.31. The summed E-state index contributed by atoms with van der Waals surface area (Å²) in [6.07, 6.45) is 2.54. The van der Waals surface area contributed by atoms with Gasteiger partial charge in [-0.05, 0) is 13.8 Å². The van der Waals surface area contributed by atoms with Crippen LogP contribution in [0.15, 0.2) is 12.4 Å². The van der Waals surface area contributed by atoms with Crippen molar-refractivity contribution in [2.24, 2.45) is 0 Å². The Morgan fingerprint density at radius 2 is 2.06 bits per heavy atom. The van der Waals surface area contributed by atoms with Gasteiger partial charge in [0.2, 0.25) is 0 Å². The normalized spacial score (nSPS) is 10.4. The van der Waals surface area contributed by atoms with E-state index in [2.05, 4.69) is 20.1 Å². The van der Waals surface area contributed by atoms with Crippen molar-refractivity contribution in [3.05, 3.63) is 29.7 Å². The smallest absolute Gasteiger partial charge is 0.356 e. The number of rotatable bonds is 2. The van der Waals surface area contributed by atoms with Crippen molar-refractivity contribution in [2.75, 3.05) is 0 Å². The van der Waals surface area contributed by atoms with Crippen LogP contribution in [0.2, 0.25) is 0 Å². The van der Waals surface area contributed by atoms with Gasteiger partial charge in [0, 0.05) is 0 Å². The Morgan fingerprint density at radius 3 is 2.50 bits per heavy atom. The quantitative estimate of drug-likeness (QED) is 0.784. The fraction of sp³-hybridized carbons (Fsp3) is 0.222. The number of hydrogen-bond acceptors (Lipinski definition) is 5. The molecule has 2 aromatic heterocycles. The highest BCUT2D eigenvalue weighted by molar-refractivity contribution is 5.84. The van der Waals surface area contributed by atoms with Crippen LogP contribution >= 0.6 is 0 Å². The highest BCUT2D eigenvalue weighted by atomic mass is 16.4. The van der Waals surface area contributed by atoms with E-state index in [0.717, 1.165) is 0 Å². The largest absolute Gasteiger partial charge is 0.476 e. The summed E-state index contributed by atoms with van der Waals surface area (Å²) in [5, 5.41) is 12.8. The third-order valence-electron chi connectivity index (χ3n) is 1.95. The van der Waals surface area contributed by atoms with Crippen LogP contribution in [0.1, 0.15) is 22.1 Å². The average molecular weight is 219 g/mol. The molecule has 0 aromatic carbocycles. The summed E-state index contributed by atoms with van der Waals surface area (Å²) in [7, 11) is 0. The lowest BCUT2D eigenvalue weighted by Crippen LogP contribution is -2.06. The van der Waals surface area contributed by atoms with Crippen LogP contribution in [0.3, 0.4) is 0 Å². The van der Waals surface area contributed by atoms with E-state index in [0.29, 0.717) is 17.5 Å². The minimum absolute atomic E-state index is 0.0989. The Kier molecular flexibility index (Phi) is 2.35. The third kappa shape index (κ3) is 1.74. The predicted molar refractivity (Wildman–Crippen MR) is 53.4 cm³/mol. The van der Waals surface area contributed by atoms with Crippen molar-refractivity contribution in [1.82, 2.24) is 24.7 Å². The molecule has 0 amide bonds. The van der Waals surface area contributed by atoms with Crippen LogP contribution in [-0.4, -0.2) is 35.8 Å². The first-order valence-electron chi connectivity index (χ1n) is 4.54. The molecule has 0 aliphatic heterocycles. The molecule has 0 unspecified atom stereocenters. The fourth-order valence-electron chi connectivity index (χ4n) is 1.28. The van der Waals surface area contributed by atoms with Gasteiger partial charge in [0.1, 0.15) is 11.6 Å². The molecule has 0 bridgehead atoms. The number of carboxylic acid groups (broad SMARTS) is 1. The van der Waals surface area contributed by atoms with Crippen molar-refractivity contribution in [1.29, 1.82) is 0 Å². The van der Waals surface area contributed by atoms with Crippen LogP contribution in [0, 0.1) is 13.8 Å². The zero-order valence-electron chi connectivity index (χ0n) is 8.75. The Bertz CT molecular complexity index is 531. The van der Waals surface area contributed by atoms with Crippen LogP contribution in [0.5, 0.6) is 0 Å². The van der Waals surface area contributed by atoms with Crippen molar-refractivity contribution in [3.63, 3.8) is 0 Å². The Labute approximate surface area is 90.8 Å². The minimum atomic E-state index is -1.11. The first-order valence-corrected chi connectivity index (χ1v) is 4.54. The first-order chi connectivity index (χ1) is 7.58. The summed E-state index contributed by atoms with van der Waals surface area (Å²) in [6.45, 7) is 3.55. The lowest BCUT2D eigenvalue weighted by molar-refractivity contribution is 0.0690. The topological polar surface area (TPSA) is 93.8 Å². The molecule has 0 aliphatic carbocycles. The molecule has 0 radical (unpaired) electrons. The van der Waals surface area contributed by atoms with E-state index < -0.39 is 5.97 Å². The average Bonchev–Trinajstić information content (AvgIpc) is 2.58. The molecule has 0 spiro atoms. The third-order valence-corrected chi connectivity index (χ3v) is 1.95. The first kappa shape index (κ1) is 10.2. The summed E-state index contributed by atoms with van der Waals surface area (Å²) in [6, 6.07) is 0. The van der Waals surface area contributed by atoms with E-state index in [-0.39, 0.29) is 5.69 Å². The molecule has 1 N–H and O–H groups in total. The summed E-state index contributed by atoms with van der Waals surface area (Å²) < 4.78 is 1.51. The summed E-state index contributed by atoms with van der Waals surface area (Å²) in [4.78, 5) is 22.4. The van der Waals surface area contributed by atoms with E-state index in [1.807, 2.05) is 0 Å².